The molecule has 0 saturated carbocycles. The average Bonchev–Trinajstić information content (AvgIpc) is 3.10. The van der Waals surface area contributed by atoms with E-state index in [2.05, 4.69) is 9.97 Å². The summed E-state index contributed by atoms with van der Waals surface area (Å²) in [5, 5.41) is 1.01. The summed E-state index contributed by atoms with van der Waals surface area (Å²) in [6.07, 6.45) is 6.34. The maximum Gasteiger partial charge on any atom is 0.195 e. The van der Waals surface area contributed by atoms with Crippen molar-refractivity contribution in [1.82, 2.24) is 14.5 Å². The van der Waals surface area contributed by atoms with Gasteiger partial charge in [-0.2, -0.15) is 0 Å². The van der Waals surface area contributed by atoms with Gasteiger partial charge in [0.2, 0.25) is 0 Å². The molecule has 1 aromatic carbocycles. The summed E-state index contributed by atoms with van der Waals surface area (Å²) in [6.45, 7) is 0. The van der Waals surface area contributed by atoms with E-state index in [0.717, 1.165) is 34.5 Å². The third-order valence-corrected chi connectivity index (χ3v) is 4.00. The minimum atomic E-state index is 0.769. The van der Waals surface area contributed by atoms with Crippen LogP contribution in [0, 0.1) is 0 Å². The Morgan fingerprint density at radius 3 is 2.80 bits per heavy atom. The van der Waals surface area contributed by atoms with Crippen molar-refractivity contribution in [3.8, 4) is 11.3 Å². The van der Waals surface area contributed by atoms with Crippen molar-refractivity contribution in [2.45, 2.75) is 11.6 Å². The smallest absolute Gasteiger partial charge is 0.195 e. The molecular formula is C15H15N3OS. The molecule has 3 rings (SSSR count). The highest BCUT2D eigenvalue weighted by Gasteiger charge is 2.07. The molecule has 5 heteroatoms. The molecule has 0 saturated heterocycles. The van der Waals surface area contributed by atoms with E-state index in [1.165, 1.54) is 0 Å². The molecule has 2 aromatic heterocycles. The van der Waals surface area contributed by atoms with E-state index in [-0.39, 0.29) is 0 Å². The Bertz CT molecular complexity index is 675. The number of thioether (sulfide) groups is 1. The minimum Gasteiger partial charge on any atom is -0.441 e. The van der Waals surface area contributed by atoms with E-state index in [1.807, 2.05) is 48.1 Å². The number of aryl methyl sites for hydroxylation is 2. The second-order valence-electron chi connectivity index (χ2n) is 4.40. The molecule has 20 heavy (non-hydrogen) atoms. The fraction of sp³-hybridized carbons (Fsp3) is 0.200. The first kappa shape index (κ1) is 13.0. The van der Waals surface area contributed by atoms with Crippen LogP contribution in [0.5, 0.6) is 0 Å². The van der Waals surface area contributed by atoms with Gasteiger partial charge in [0.05, 0.1) is 6.20 Å². The first-order chi connectivity index (χ1) is 9.83. The quantitative estimate of drug-likeness (QED) is 0.674. The van der Waals surface area contributed by atoms with Crippen LogP contribution in [-0.4, -0.2) is 20.3 Å². The highest BCUT2D eigenvalue weighted by Crippen LogP contribution is 2.21. The highest BCUT2D eigenvalue weighted by atomic mass is 32.2. The Morgan fingerprint density at radius 1 is 1.20 bits per heavy atom. The fourth-order valence-corrected chi connectivity index (χ4v) is 2.74. The van der Waals surface area contributed by atoms with Gasteiger partial charge in [-0.05, 0) is 0 Å². The summed E-state index contributed by atoms with van der Waals surface area (Å²) in [5.74, 6) is 2.49. The first-order valence-corrected chi connectivity index (χ1v) is 7.42. The molecule has 0 unspecified atom stereocenters. The first-order valence-electron chi connectivity index (χ1n) is 6.43. The number of oxazole rings is 1. The second kappa shape index (κ2) is 5.96. The van der Waals surface area contributed by atoms with Crippen LogP contribution in [-0.2, 0) is 13.5 Å². The molecular weight excluding hydrogens is 270 g/mol. The molecule has 102 valence electrons. The number of nitrogens with zero attached hydrogens (tertiary/aromatic N) is 3. The number of imidazole rings is 1. The molecule has 0 aliphatic carbocycles. The van der Waals surface area contributed by atoms with Gasteiger partial charge in [0, 0.05) is 37.2 Å². The van der Waals surface area contributed by atoms with E-state index in [9.17, 15) is 0 Å². The van der Waals surface area contributed by atoms with Gasteiger partial charge < -0.3 is 8.98 Å². The van der Waals surface area contributed by atoms with Gasteiger partial charge >= 0.3 is 0 Å². The molecule has 0 spiro atoms. The Labute approximate surface area is 121 Å². The molecule has 0 amide bonds. The van der Waals surface area contributed by atoms with Crippen molar-refractivity contribution in [2.75, 3.05) is 5.75 Å². The van der Waals surface area contributed by atoms with Gasteiger partial charge in [-0.25, -0.2) is 9.97 Å². The Balaban J connectivity index is 1.59. The van der Waals surface area contributed by atoms with E-state index >= 15 is 0 Å². The van der Waals surface area contributed by atoms with Gasteiger partial charge in [0.25, 0.3) is 0 Å². The maximum absolute atomic E-state index is 5.77. The number of aromatic nitrogens is 3. The lowest BCUT2D eigenvalue weighted by Gasteiger charge is -1.99. The summed E-state index contributed by atoms with van der Waals surface area (Å²) in [7, 11) is 1.99. The SMILES string of the molecule is Cn1ccnc1SCCc1ncc(-c2ccccc2)o1. The van der Waals surface area contributed by atoms with Crippen molar-refractivity contribution in [1.29, 1.82) is 0 Å². The third kappa shape index (κ3) is 2.93. The average molecular weight is 285 g/mol. The van der Waals surface area contributed by atoms with Crippen LogP contribution < -0.4 is 0 Å². The number of benzene rings is 1. The van der Waals surface area contributed by atoms with Crippen molar-refractivity contribution in [3.05, 3.63) is 54.8 Å². The van der Waals surface area contributed by atoms with Crippen LogP contribution in [0.4, 0.5) is 0 Å². The van der Waals surface area contributed by atoms with Crippen molar-refractivity contribution in [2.24, 2.45) is 7.05 Å². The molecule has 0 bridgehead atoms. The molecule has 0 N–H and O–H groups in total. The van der Waals surface area contributed by atoms with Crippen molar-refractivity contribution >= 4 is 11.8 Å². The zero-order valence-electron chi connectivity index (χ0n) is 11.2. The van der Waals surface area contributed by atoms with Crippen LogP contribution in [0.15, 0.2) is 58.5 Å². The lowest BCUT2D eigenvalue weighted by atomic mass is 10.2. The van der Waals surface area contributed by atoms with Gasteiger partial charge in [-0.1, -0.05) is 42.1 Å². The van der Waals surface area contributed by atoms with E-state index in [0.29, 0.717) is 0 Å². The molecule has 4 nitrogen and oxygen atoms in total. The largest absolute Gasteiger partial charge is 0.441 e. The predicted molar refractivity (Wildman–Crippen MR) is 79.6 cm³/mol. The zero-order chi connectivity index (χ0) is 13.8. The molecule has 0 aliphatic heterocycles. The molecule has 0 fully saturated rings. The van der Waals surface area contributed by atoms with Gasteiger partial charge in [-0.3, -0.25) is 0 Å². The van der Waals surface area contributed by atoms with E-state index < -0.39 is 0 Å². The van der Waals surface area contributed by atoms with E-state index in [1.54, 1.807) is 24.2 Å². The standard InChI is InChI=1S/C15H15N3OS/c1-18-9-8-16-15(18)20-10-7-14-17-11-13(19-14)12-5-3-2-4-6-12/h2-6,8-9,11H,7,10H2,1H3. The summed E-state index contributed by atoms with van der Waals surface area (Å²) in [6, 6.07) is 10.0. The van der Waals surface area contributed by atoms with Crippen LogP contribution in [0.2, 0.25) is 0 Å². The van der Waals surface area contributed by atoms with Gasteiger partial charge in [0.15, 0.2) is 16.8 Å². The molecule has 0 atom stereocenters. The van der Waals surface area contributed by atoms with Crippen molar-refractivity contribution in [3.63, 3.8) is 0 Å². The zero-order valence-corrected chi connectivity index (χ0v) is 12.0. The van der Waals surface area contributed by atoms with Crippen LogP contribution >= 0.6 is 11.8 Å². The van der Waals surface area contributed by atoms with Gasteiger partial charge in [0.1, 0.15) is 0 Å². The summed E-state index contributed by atoms with van der Waals surface area (Å²) < 4.78 is 7.78. The summed E-state index contributed by atoms with van der Waals surface area (Å²) >= 11 is 1.71. The molecule has 3 aromatic rings. The summed E-state index contributed by atoms with van der Waals surface area (Å²) in [5.41, 5.74) is 1.06. The Morgan fingerprint density at radius 2 is 2.05 bits per heavy atom. The number of rotatable bonds is 5. The lowest BCUT2D eigenvalue weighted by molar-refractivity contribution is 0.515. The monoisotopic (exact) mass is 285 g/mol. The van der Waals surface area contributed by atoms with Gasteiger partial charge in [-0.15, -0.1) is 0 Å². The number of hydrogen-bond acceptors (Lipinski definition) is 4. The molecule has 0 radical (unpaired) electrons. The topological polar surface area (TPSA) is 43.9 Å². The van der Waals surface area contributed by atoms with Crippen molar-refractivity contribution < 1.29 is 4.42 Å². The number of hydrogen-bond donors (Lipinski definition) is 0. The van der Waals surface area contributed by atoms with Crippen LogP contribution in [0.25, 0.3) is 11.3 Å². The lowest BCUT2D eigenvalue weighted by Crippen LogP contribution is -1.93. The fourth-order valence-electron chi connectivity index (χ4n) is 1.88. The predicted octanol–water partition coefficient (Wildman–Crippen LogP) is 3.41. The Kier molecular flexibility index (Phi) is 3.87. The second-order valence-corrected chi connectivity index (χ2v) is 5.47. The highest BCUT2D eigenvalue weighted by molar-refractivity contribution is 7.99. The minimum absolute atomic E-state index is 0.769. The normalized spacial score (nSPS) is 10.8. The molecule has 2 heterocycles. The Hall–Kier alpha value is -2.01. The van der Waals surface area contributed by atoms with Crippen LogP contribution in [0.1, 0.15) is 5.89 Å². The summed E-state index contributed by atoms with van der Waals surface area (Å²) in [4.78, 5) is 8.60. The third-order valence-electron chi connectivity index (χ3n) is 2.94. The molecule has 0 aliphatic rings. The van der Waals surface area contributed by atoms with E-state index in [4.69, 9.17) is 4.42 Å². The van der Waals surface area contributed by atoms with Crippen LogP contribution in [0.3, 0.4) is 0 Å². The maximum atomic E-state index is 5.77.